The highest BCUT2D eigenvalue weighted by atomic mass is 16.6. The van der Waals surface area contributed by atoms with Gasteiger partial charge in [-0.1, -0.05) is 168 Å². The number of esters is 3. The summed E-state index contributed by atoms with van der Waals surface area (Å²) in [6.07, 6.45) is 16.7. The zero-order valence-electron chi connectivity index (χ0n) is 82.0. The smallest absolute Gasteiger partial charge is 0.407 e. The number of hydrogen-bond donors (Lipinski definition) is 9. The maximum Gasteiger partial charge on any atom is 0.407 e. The van der Waals surface area contributed by atoms with E-state index in [1.54, 1.807) is 31.6 Å². The highest BCUT2D eigenvalue weighted by Crippen LogP contribution is 2.53. The molecule has 0 saturated heterocycles. The largest absolute Gasteiger partial charge is 0.460 e. The van der Waals surface area contributed by atoms with Gasteiger partial charge in [-0.25, -0.2) is 62.7 Å². The first-order valence-electron chi connectivity index (χ1n) is 45.3. The molecule has 0 bridgehead atoms. The molecule has 6 amide bonds. The van der Waals surface area contributed by atoms with Gasteiger partial charge < -0.3 is 114 Å². The second-order valence-corrected chi connectivity index (χ2v) is 41.1. The average molecular weight is 1970 g/mol. The Balaban J connectivity index is -0.000000472. The molecule has 38 heteroatoms. The lowest BCUT2D eigenvalue weighted by Gasteiger charge is -2.46. The third kappa shape index (κ3) is 65.3. The maximum absolute atomic E-state index is 12.4. The Hall–Kier alpha value is -9.65. The van der Waals surface area contributed by atoms with E-state index in [0.29, 0.717) is 77.8 Å². The van der Waals surface area contributed by atoms with E-state index < -0.39 is 54.5 Å². The van der Waals surface area contributed by atoms with E-state index in [-0.39, 0.29) is 245 Å². The minimum Gasteiger partial charge on any atom is -0.460 e. The second kappa shape index (κ2) is 70.9. The number of isocyanates is 2. The number of carbonyl (C=O) groups is 9. The molecule has 9 N–H and O–H groups in total. The van der Waals surface area contributed by atoms with Crippen LogP contribution in [0.15, 0.2) is 46.4 Å². The summed E-state index contributed by atoms with van der Waals surface area (Å²) in [6, 6.07) is 0. The summed E-state index contributed by atoms with van der Waals surface area (Å²) >= 11 is 0. The first-order valence-corrected chi connectivity index (χ1v) is 45.3. The summed E-state index contributed by atoms with van der Waals surface area (Å²) in [6.45, 7) is 52.5. The molecule has 0 aromatic carbocycles. The summed E-state index contributed by atoms with van der Waals surface area (Å²) in [5.41, 5.74) is 0.436. The van der Waals surface area contributed by atoms with Crippen LogP contribution in [0, 0.1) is 101 Å². The highest BCUT2D eigenvalue weighted by Gasteiger charge is 2.47. The number of aliphatic hydroxyl groups excluding tert-OH is 3. The molecule has 138 heavy (non-hydrogen) atoms. The summed E-state index contributed by atoms with van der Waals surface area (Å²) < 4.78 is 71.2. The molecule has 0 heterocycles. The van der Waals surface area contributed by atoms with Gasteiger partial charge in [0.25, 0.3) is 12.5 Å². The van der Waals surface area contributed by atoms with Gasteiger partial charge in [0.2, 0.25) is 12.2 Å². The molecule has 0 spiro atoms. The Morgan fingerprint density at radius 1 is 0.326 bits per heavy atom. The number of nitrogens with zero attached hydrogens (tertiary/aromatic N) is 4. The molecule has 38 nitrogen and oxygen atoms in total. The molecule has 10 unspecified atom stereocenters. The molecule has 0 aromatic rings. The Labute approximate surface area is 825 Å². The summed E-state index contributed by atoms with van der Waals surface area (Å²) in [5, 5.41) is 58.7. The standard InChI is InChI=1S/C42H70N4O13.C30H50N4O7.C12H18N2O2.C6H10O3.C4H10O3.6CH4/c1-29(2)33(47)54-15-17-58-37(51)45-27-41(9)21-31(19-39(5,6)25-41)23-43-35(49)56-13-11-53-12-14-57-36(50)44-24-32-20-40(7,8)26-42(10,22-32)28-46-38(52)59-18-16-55-34(48)30(3)4;1-27(2)11-23(13-29(5,17-27)19-32-22-35)15-33-25(36)40-9-7-38-8-10-41-26(37)34-16-24-12-28(3,4)18-30(6,14-24)20-39-21-31;1-11(2)4-10(16-8-13)5-12(3,6-11)7-14-9-15;1-5(2)6(8)9-4-3-7;5-1-3-7-4-2-6;;;;;;/h31-32H,1,3,11-28H2,2,4-10H3,(H,43,49)(H,44,50)(H,45,51)(H,46,52);23-24H,7-20H2,1-6H3,(H,33,36)(H,34,37);10H,4-7H2,1-3H3;7H,1,3-4H2,2H3;5-6H,1-4H2;6*1H4. The fourth-order valence-corrected chi connectivity index (χ4v) is 20.0. The van der Waals surface area contributed by atoms with Crippen LogP contribution >= 0.6 is 0 Å². The third-order valence-corrected chi connectivity index (χ3v) is 22.5. The third-order valence-electron chi connectivity index (χ3n) is 22.5. The number of ether oxygens (including phenoxy) is 14. The van der Waals surface area contributed by atoms with Crippen molar-refractivity contribution < 1.29 is 134 Å². The van der Waals surface area contributed by atoms with E-state index in [2.05, 4.69) is 175 Å². The maximum atomic E-state index is 12.4. The van der Waals surface area contributed by atoms with Crippen molar-refractivity contribution in [2.75, 3.05) is 178 Å². The van der Waals surface area contributed by atoms with Gasteiger partial charge in [-0.2, -0.15) is 10.5 Å². The van der Waals surface area contributed by atoms with Gasteiger partial charge in [0.1, 0.15) is 72.2 Å². The van der Waals surface area contributed by atoms with Crippen molar-refractivity contribution >= 4 is 66.6 Å². The van der Waals surface area contributed by atoms with Gasteiger partial charge in [0.05, 0.1) is 72.6 Å². The van der Waals surface area contributed by atoms with Crippen LogP contribution in [0.3, 0.4) is 0 Å². The zero-order chi connectivity index (χ0) is 99.9. The molecular weight excluding hydrogens is 1790 g/mol. The normalized spacial score (nSPS) is 23.0. The lowest BCUT2D eigenvalue weighted by Crippen LogP contribution is -2.46. The number of rotatable bonds is 46. The monoisotopic (exact) mass is 1970 g/mol. The van der Waals surface area contributed by atoms with Crippen molar-refractivity contribution in [1.82, 2.24) is 31.9 Å². The summed E-state index contributed by atoms with van der Waals surface area (Å²) in [7, 11) is 0. The van der Waals surface area contributed by atoms with E-state index in [1.807, 2.05) is 0 Å². The Morgan fingerprint density at radius 2 is 0.572 bits per heavy atom. The lowest BCUT2D eigenvalue weighted by atomic mass is 9.60. The molecule has 5 aliphatic carbocycles. The van der Waals surface area contributed by atoms with Crippen molar-refractivity contribution in [3.63, 3.8) is 0 Å². The molecule has 0 radical (unpaired) electrons. The number of nitriles is 2. The van der Waals surface area contributed by atoms with Crippen molar-refractivity contribution in [1.29, 1.82) is 10.5 Å². The van der Waals surface area contributed by atoms with Gasteiger partial charge >= 0.3 is 54.5 Å². The molecule has 800 valence electrons. The van der Waals surface area contributed by atoms with Gasteiger partial charge in [-0.15, -0.1) is 0 Å². The van der Waals surface area contributed by atoms with E-state index in [1.165, 1.54) is 13.8 Å². The molecule has 5 aliphatic rings. The van der Waals surface area contributed by atoms with Crippen molar-refractivity contribution in [3.8, 4) is 12.5 Å². The van der Waals surface area contributed by atoms with Crippen LogP contribution in [-0.2, 0) is 90.3 Å². The van der Waals surface area contributed by atoms with Gasteiger partial charge in [0, 0.05) is 61.4 Å². The number of aliphatic imine (C=N–C) groups is 2. The Kier molecular flexibility index (Phi) is 71.4. The number of nitrogens with one attached hydrogen (secondary N) is 6. The number of amides is 6. The number of aliphatic hydroxyl groups is 3. The first kappa shape index (κ1) is 139. The van der Waals surface area contributed by atoms with Crippen LogP contribution < -0.4 is 31.9 Å². The molecule has 0 aliphatic heterocycles. The Bertz CT molecular complexity index is 3670. The quantitative estimate of drug-likeness (QED) is 0.00520. The highest BCUT2D eigenvalue weighted by molar-refractivity contribution is 5.87. The Morgan fingerprint density at radius 3 is 0.862 bits per heavy atom. The predicted molar refractivity (Wildman–Crippen MR) is 528 cm³/mol. The van der Waals surface area contributed by atoms with Crippen molar-refractivity contribution in [2.45, 2.75) is 272 Å². The number of carbonyl (C=O) groups excluding carboxylic acids is 11. The minimum absolute atomic E-state index is 0. The molecule has 10 atom stereocenters. The fourth-order valence-electron chi connectivity index (χ4n) is 20.0. The van der Waals surface area contributed by atoms with Gasteiger partial charge in [-0.05, 0) is 189 Å². The minimum atomic E-state index is -0.590. The molecule has 5 fully saturated rings. The zero-order valence-corrected chi connectivity index (χ0v) is 82.0. The van der Waals surface area contributed by atoms with Gasteiger partial charge in [0.15, 0.2) is 0 Å². The lowest BCUT2D eigenvalue weighted by molar-refractivity contribution is -0.140. The molecule has 5 rings (SSSR count). The predicted octanol–water partition coefficient (Wildman–Crippen LogP) is 16.1. The SMILES string of the molecule is C.C.C.C.C.C.C=C(C)C(=O)OCCO.C=C(C)C(=O)OCCOC(=O)NCC1(C)CC(CNC(=O)OCCOCCOC(=O)NCC2CC(C)(C)CC(C)(CNC(=O)OCCOC(=O)C(=C)C)C2)CC(C)(C)C1.CC1(C)CC(CNC(=O)OCCOCCOC(=O)NCC2CC(C)(C)CC(C)(COC#N)C2)CC(C)(CN=C=O)C1.CC1(C)CC(OC#N)CC(C)(CN=C=O)C1.OCCOCCO. The second-order valence-electron chi connectivity index (χ2n) is 41.1. The average Bonchev–Trinajstić information content (AvgIpc) is 0.823. The molecule has 5 saturated carbocycles. The molecular formula is C100H182N10O28. The molecule has 0 aromatic heterocycles. The van der Waals surface area contributed by atoms with Crippen molar-refractivity contribution in [3.05, 3.63) is 36.5 Å². The van der Waals surface area contributed by atoms with Crippen molar-refractivity contribution in [2.24, 2.45) is 87.8 Å². The summed E-state index contributed by atoms with van der Waals surface area (Å²) in [5.74, 6) is -0.670. The number of hydrogen-bond acceptors (Lipinski definition) is 32. The van der Waals surface area contributed by atoms with Crippen LogP contribution in [-0.4, -0.2) is 266 Å². The fraction of sp³-hybridized carbons (Fsp3) is 0.810. The van der Waals surface area contributed by atoms with E-state index >= 15 is 0 Å². The van der Waals surface area contributed by atoms with E-state index in [0.717, 1.165) is 96.3 Å². The topological polar surface area (TPSA) is 522 Å². The van der Waals surface area contributed by atoms with Crippen LogP contribution in [0.1, 0.15) is 265 Å². The van der Waals surface area contributed by atoms with Crippen LogP contribution in [0.2, 0.25) is 0 Å². The number of alkyl carbamates (subject to hydrolysis) is 6. The summed E-state index contributed by atoms with van der Waals surface area (Å²) in [4.78, 5) is 135. The van der Waals surface area contributed by atoms with E-state index in [4.69, 9.17) is 82.7 Å². The van der Waals surface area contributed by atoms with Crippen LogP contribution in [0.4, 0.5) is 28.8 Å². The van der Waals surface area contributed by atoms with Crippen LogP contribution in [0.5, 0.6) is 0 Å². The van der Waals surface area contributed by atoms with Crippen LogP contribution in [0.25, 0.3) is 0 Å². The van der Waals surface area contributed by atoms with Gasteiger partial charge in [-0.3, -0.25) is 0 Å². The van der Waals surface area contributed by atoms with E-state index in [9.17, 15) is 52.7 Å². The first-order chi connectivity index (χ1) is 61.7.